The minimum Gasteiger partial charge on any atom is -0.479 e. The monoisotopic (exact) mass is 480 g/mol. The van der Waals surface area contributed by atoms with Crippen molar-refractivity contribution in [3.63, 3.8) is 0 Å². The van der Waals surface area contributed by atoms with Crippen LogP contribution in [0, 0.1) is 5.92 Å². The Labute approximate surface area is 205 Å². The van der Waals surface area contributed by atoms with Gasteiger partial charge in [0.15, 0.2) is 6.10 Å². The van der Waals surface area contributed by atoms with Crippen LogP contribution in [0.4, 0.5) is 4.79 Å². The maximum atomic E-state index is 12.7. The highest BCUT2D eigenvalue weighted by atomic mass is 16.7. The number of unbranched alkanes of at least 4 members (excludes halogenated alkanes) is 1. The molecule has 2 aliphatic rings. The fourth-order valence-electron chi connectivity index (χ4n) is 4.62. The molecule has 1 saturated carbocycles. The first-order valence-corrected chi connectivity index (χ1v) is 12.3. The summed E-state index contributed by atoms with van der Waals surface area (Å²) in [4.78, 5) is 41.5. The van der Waals surface area contributed by atoms with Crippen molar-refractivity contribution in [2.24, 2.45) is 5.92 Å². The predicted octanol–water partition coefficient (Wildman–Crippen LogP) is 4.39. The van der Waals surface area contributed by atoms with Gasteiger partial charge in [0.25, 0.3) is 0 Å². The van der Waals surface area contributed by atoms with Gasteiger partial charge >= 0.3 is 12.1 Å². The molecule has 1 fully saturated rings. The lowest BCUT2D eigenvalue weighted by Gasteiger charge is -2.20. The summed E-state index contributed by atoms with van der Waals surface area (Å²) in [6.45, 7) is 2.22. The van der Waals surface area contributed by atoms with E-state index in [9.17, 15) is 19.5 Å². The van der Waals surface area contributed by atoms with Crippen LogP contribution in [0.1, 0.15) is 62.5 Å². The summed E-state index contributed by atoms with van der Waals surface area (Å²) in [5.41, 5.74) is 6.82. The molecule has 8 nitrogen and oxygen atoms in total. The molecule has 2 amide bonds. The van der Waals surface area contributed by atoms with Crippen molar-refractivity contribution in [2.45, 2.75) is 63.5 Å². The molecule has 2 atom stereocenters. The largest absolute Gasteiger partial charge is 0.479 e. The molecule has 2 aromatic rings. The Morgan fingerprint density at radius 3 is 2.23 bits per heavy atom. The molecule has 0 spiro atoms. The van der Waals surface area contributed by atoms with E-state index in [0.717, 1.165) is 47.9 Å². The zero-order valence-corrected chi connectivity index (χ0v) is 19.9. The quantitative estimate of drug-likeness (QED) is 0.389. The Kier molecular flexibility index (Phi) is 8.02. The van der Waals surface area contributed by atoms with E-state index in [1.165, 1.54) is 0 Å². The smallest absolute Gasteiger partial charge is 0.407 e. The van der Waals surface area contributed by atoms with E-state index in [2.05, 4.69) is 35.1 Å². The number of carbonyl (C=O) groups excluding carboxylic acids is 2. The van der Waals surface area contributed by atoms with Crippen molar-refractivity contribution in [1.82, 2.24) is 10.8 Å². The lowest BCUT2D eigenvalue weighted by atomic mass is 9.98. The lowest BCUT2D eigenvalue weighted by molar-refractivity contribution is -0.162. The van der Waals surface area contributed by atoms with Gasteiger partial charge in [-0.25, -0.2) is 15.1 Å². The summed E-state index contributed by atoms with van der Waals surface area (Å²) in [5, 5.41) is 12.0. The Balaban J connectivity index is 1.31. The number of aliphatic carboxylic acids is 1. The number of carbonyl (C=O) groups is 3. The number of rotatable bonds is 12. The molecule has 0 radical (unpaired) electrons. The minimum atomic E-state index is -1.09. The summed E-state index contributed by atoms with van der Waals surface area (Å²) in [6.07, 6.45) is 2.22. The van der Waals surface area contributed by atoms with Crippen LogP contribution >= 0.6 is 0 Å². The Hall–Kier alpha value is -3.39. The van der Waals surface area contributed by atoms with Crippen molar-refractivity contribution in [2.75, 3.05) is 6.61 Å². The number of hydroxylamine groups is 1. The molecule has 2 aliphatic carbocycles. The van der Waals surface area contributed by atoms with Crippen LogP contribution in [-0.4, -0.2) is 41.8 Å². The van der Waals surface area contributed by atoms with Gasteiger partial charge in [-0.15, -0.1) is 0 Å². The topological polar surface area (TPSA) is 114 Å². The van der Waals surface area contributed by atoms with Crippen LogP contribution in [0.25, 0.3) is 11.1 Å². The van der Waals surface area contributed by atoms with Crippen molar-refractivity contribution >= 4 is 18.0 Å². The van der Waals surface area contributed by atoms with Crippen molar-refractivity contribution < 1.29 is 29.1 Å². The fraction of sp³-hybridized carbons (Fsp3) is 0.444. The highest BCUT2D eigenvalue weighted by molar-refractivity contribution is 5.79. The maximum absolute atomic E-state index is 12.7. The van der Waals surface area contributed by atoms with E-state index in [4.69, 9.17) is 9.57 Å². The van der Waals surface area contributed by atoms with Crippen LogP contribution in [0.2, 0.25) is 0 Å². The Bertz CT molecular complexity index is 1020. The third-order valence-corrected chi connectivity index (χ3v) is 6.60. The minimum absolute atomic E-state index is 0.0266. The van der Waals surface area contributed by atoms with Gasteiger partial charge < -0.3 is 15.2 Å². The third-order valence-electron chi connectivity index (χ3n) is 6.60. The molecular formula is C27H32N2O6. The van der Waals surface area contributed by atoms with Gasteiger partial charge in [-0.05, 0) is 47.4 Å². The van der Waals surface area contributed by atoms with Crippen LogP contribution in [0.3, 0.4) is 0 Å². The summed E-state index contributed by atoms with van der Waals surface area (Å²) in [7, 11) is 0. The van der Waals surface area contributed by atoms with Gasteiger partial charge in [-0.2, -0.15) is 0 Å². The van der Waals surface area contributed by atoms with Crippen molar-refractivity contribution in [1.29, 1.82) is 0 Å². The average Bonchev–Trinajstić information content (AvgIpc) is 3.63. The molecule has 0 bridgehead atoms. The molecule has 35 heavy (non-hydrogen) atoms. The van der Waals surface area contributed by atoms with E-state index in [1.54, 1.807) is 0 Å². The molecule has 8 heteroatoms. The molecule has 0 aromatic heterocycles. The Morgan fingerprint density at radius 1 is 1.03 bits per heavy atom. The second-order valence-corrected chi connectivity index (χ2v) is 9.25. The molecule has 0 saturated heterocycles. The van der Waals surface area contributed by atoms with E-state index < -0.39 is 30.1 Å². The normalized spacial score (nSPS) is 16.0. The van der Waals surface area contributed by atoms with Crippen LogP contribution in [-0.2, 0) is 19.2 Å². The maximum Gasteiger partial charge on any atom is 0.407 e. The summed E-state index contributed by atoms with van der Waals surface area (Å²) < 4.78 is 5.61. The standard InChI is InChI=1S/C27H32N2O6/c1-2-3-8-18(15-24(30)29-35-25(26(31)32)17-13-14-17)28-27(33)34-16-23-21-11-6-4-9-19(21)20-10-5-7-12-22(20)23/h4-7,9-12,17-18,23,25H,2-3,8,13-16H2,1H3,(H,28,33)(H,29,30)(H,31,32). The fourth-order valence-corrected chi connectivity index (χ4v) is 4.62. The number of nitrogens with one attached hydrogen (secondary N) is 2. The first-order valence-electron chi connectivity index (χ1n) is 12.3. The lowest BCUT2D eigenvalue weighted by Crippen LogP contribution is -2.41. The van der Waals surface area contributed by atoms with Gasteiger partial charge in [0, 0.05) is 18.4 Å². The molecule has 2 aromatic carbocycles. The molecule has 4 rings (SSSR count). The zero-order chi connectivity index (χ0) is 24.8. The highest BCUT2D eigenvalue weighted by Gasteiger charge is 2.38. The summed E-state index contributed by atoms with van der Waals surface area (Å²) in [6, 6.07) is 15.8. The van der Waals surface area contributed by atoms with Crippen molar-refractivity contribution in [3.05, 3.63) is 59.7 Å². The predicted molar refractivity (Wildman–Crippen MR) is 130 cm³/mol. The first kappa shape index (κ1) is 24.7. The first-order chi connectivity index (χ1) is 17.0. The van der Waals surface area contributed by atoms with E-state index in [1.807, 2.05) is 31.2 Å². The second-order valence-electron chi connectivity index (χ2n) is 9.25. The molecule has 186 valence electrons. The number of hydrogen-bond donors (Lipinski definition) is 3. The van der Waals surface area contributed by atoms with Gasteiger partial charge in [-0.1, -0.05) is 68.3 Å². The summed E-state index contributed by atoms with van der Waals surface area (Å²) >= 11 is 0. The molecule has 2 unspecified atom stereocenters. The average molecular weight is 481 g/mol. The second kappa shape index (κ2) is 11.4. The SMILES string of the molecule is CCCCC(CC(=O)NOC(C(=O)O)C1CC1)NC(=O)OCC1c2ccccc2-c2ccccc21. The van der Waals surface area contributed by atoms with Crippen molar-refractivity contribution in [3.8, 4) is 11.1 Å². The van der Waals surface area contributed by atoms with E-state index in [0.29, 0.717) is 6.42 Å². The number of ether oxygens (including phenoxy) is 1. The highest BCUT2D eigenvalue weighted by Crippen LogP contribution is 2.44. The van der Waals surface area contributed by atoms with E-state index >= 15 is 0 Å². The number of carboxylic acids is 1. The molecular weight excluding hydrogens is 448 g/mol. The third kappa shape index (κ3) is 6.19. The number of fused-ring (bicyclic) bond motifs is 3. The summed E-state index contributed by atoms with van der Waals surface area (Å²) in [5.74, 6) is -1.68. The molecule has 3 N–H and O–H groups in total. The number of amides is 2. The Morgan fingerprint density at radius 2 is 1.66 bits per heavy atom. The van der Waals surface area contributed by atoms with Crippen LogP contribution in [0.15, 0.2) is 48.5 Å². The van der Waals surface area contributed by atoms with Gasteiger partial charge in [0.05, 0.1) is 0 Å². The van der Waals surface area contributed by atoms with Gasteiger partial charge in [-0.3, -0.25) is 9.63 Å². The van der Waals surface area contributed by atoms with Gasteiger partial charge in [0.1, 0.15) is 6.61 Å². The molecule has 0 aliphatic heterocycles. The van der Waals surface area contributed by atoms with Gasteiger partial charge in [0.2, 0.25) is 5.91 Å². The van der Waals surface area contributed by atoms with Crippen LogP contribution < -0.4 is 10.8 Å². The number of hydrogen-bond acceptors (Lipinski definition) is 5. The number of benzene rings is 2. The zero-order valence-electron chi connectivity index (χ0n) is 19.9. The number of alkyl carbamates (subject to hydrolysis) is 1. The molecule has 0 heterocycles. The number of carboxylic acid groups (broad SMARTS) is 1. The van der Waals surface area contributed by atoms with Crippen LogP contribution in [0.5, 0.6) is 0 Å². The van der Waals surface area contributed by atoms with E-state index in [-0.39, 0.29) is 24.9 Å².